The molecule has 0 fully saturated rings. The van der Waals surface area contributed by atoms with Crippen LogP contribution >= 0.6 is 0 Å². The Hall–Kier alpha value is -1.11. The Kier molecular flexibility index (Phi) is 13.9. The Bertz CT molecular complexity index is 236. The van der Waals surface area contributed by atoms with Gasteiger partial charge >= 0.3 is 0 Å². The van der Waals surface area contributed by atoms with Crippen LogP contribution in [0.25, 0.3) is 0 Å². The third-order valence-electron chi connectivity index (χ3n) is 2.45. The van der Waals surface area contributed by atoms with Crippen LogP contribution in [0.15, 0.2) is 36.5 Å². The molecule has 0 saturated heterocycles. The fourth-order valence-electron chi connectivity index (χ4n) is 1.42. The highest BCUT2D eigenvalue weighted by molar-refractivity contribution is 5.49. The predicted octanol–water partition coefficient (Wildman–Crippen LogP) is 4.99. The van der Waals surface area contributed by atoms with Gasteiger partial charge in [-0.1, -0.05) is 56.2 Å². The van der Waals surface area contributed by atoms with Crippen LogP contribution in [0.4, 0.5) is 0 Å². The summed E-state index contributed by atoms with van der Waals surface area (Å²) in [4.78, 5) is 10.1. The first-order valence-corrected chi connectivity index (χ1v) is 6.80. The second kappa shape index (κ2) is 14.9. The SMILES string of the molecule is CCCC/C=C\C/C=C/CC/C=C/CCC=O. The zero-order chi connectivity index (χ0) is 12.6. The van der Waals surface area contributed by atoms with Crippen LogP contribution in [0.1, 0.15) is 58.3 Å². The van der Waals surface area contributed by atoms with Crippen molar-refractivity contribution in [2.24, 2.45) is 0 Å². The van der Waals surface area contributed by atoms with Gasteiger partial charge in [-0.25, -0.2) is 0 Å². The minimum atomic E-state index is 0.648. The summed E-state index contributed by atoms with van der Waals surface area (Å²) in [5.74, 6) is 0. The van der Waals surface area contributed by atoms with Crippen molar-refractivity contribution in [3.63, 3.8) is 0 Å². The zero-order valence-electron chi connectivity index (χ0n) is 11.1. The Morgan fingerprint density at radius 1 is 0.706 bits per heavy atom. The van der Waals surface area contributed by atoms with E-state index in [-0.39, 0.29) is 0 Å². The van der Waals surface area contributed by atoms with Gasteiger partial charge < -0.3 is 4.79 Å². The smallest absolute Gasteiger partial charge is 0.120 e. The molecule has 0 N–H and O–H groups in total. The molecule has 0 heterocycles. The lowest BCUT2D eigenvalue weighted by molar-refractivity contribution is -0.107. The minimum absolute atomic E-state index is 0.648. The van der Waals surface area contributed by atoms with Crippen LogP contribution < -0.4 is 0 Å². The monoisotopic (exact) mass is 234 g/mol. The Labute approximate surface area is 106 Å². The van der Waals surface area contributed by atoms with Gasteiger partial charge in [-0.15, -0.1) is 0 Å². The summed E-state index contributed by atoms with van der Waals surface area (Å²) >= 11 is 0. The third-order valence-corrected chi connectivity index (χ3v) is 2.45. The maximum absolute atomic E-state index is 10.1. The van der Waals surface area contributed by atoms with Gasteiger partial charge in [0.2, 0.25) is 0 Å². The van der Waals surface area contributed by atoms with Gasteiger partial charge in [0.05, 0.1) is 0 Å². The first kappa shape index (κ1) is 15.9. The first-order valence-electron chi connectivity index (χ1n) is 6.80. The van der Waals surface area contributed by atoms with Gasteiger partial charge in [0.1, 0.15) is 6.29 Å². The molecular formula is C16H26O. The molecule has 0 aromatic carbocycles. The van der Waals surface area contributed by atoms with Crippen molar-refractivity contribution in [2.45, 2.75) is 58.3 Å². The summed E-state index contributed by atoms with van der Waals surface area (Å²) in [6.07, 6.45) is 22.7. The molecule has 0 atom stereocenters. The summed E-state index contributed by atoms with van der Waals surface area (Å²) in [6, 6.07) is 0. The molecule has 17 heavy (non-hydrogen) atoms. The maximum atomic E-state index is 10.1. The number of carbonyl (C=O) groups is 1. The van der Waals surface area contributed by atoms with E-state index in [1.807, 2.05) is 0 Å². The van der Waals surface area contributed by atoms with Gasteiger partial charge in [-0.05, 0) is 32.1 Å². The standard InChI is InChI=1S/C16H26O/c1-2-3-4-5-6-7-8-9-10-11-12-13-14-15-16-17/h5-6,8-9,12-13,16H,2-4,7,10-11,14-15H2,1H3/b6-5-,9-8+,13-12+. The van der Waals surface area contributed by atoms with E-state index >= 15 is 0 Å². The molecular weight excluding hydrogens is 208 g/mol. The summed E-state index contributed by atoms with van der Waals surface area (Å²) in [5.41, 5.74) is 0. The van der Waals surface area contributed by atoms with Crippen molar-refractivity contribution < 1.29 is 4.79 Å². The Morgan fingerprint density at radius 2 is 1.24 bits per heavy atom. The molecule has 0 rings (SSSR count). The molecule has 0 aliphatic heterocycles. The number of aldehydes is 1. The quantitative estimate of drug-likeness (QED) is 0.279. The normalized spacial score (nSPS) is 12.1. The van der Waals surface area contributed by atoms with Gasteiger partial charge in [-0.3, -0.25) is 0 Å². The Morgan fingerprint density at radius 3 is 1.82 bits per heavy atom. The van der Waals surface area contributed by atoms with Crippen molar-refractivity contribution >= 4 is 6.29 Å². The molecule has 0 spiro atoms. The van der Waals surface area contributed by atoms with Crippen molar-refractivity contribution in [2.75, 3.05) is 0 Å². The third kappa shape index (κ3) is 14.9. The lowest BCUT2D eigenvalue weighted by atomic mass is 10.2. The van der Waals surface area contributed by atoms with Crippen LogP contribution in [0, 0.1) is 0 Å². The van der Waals surface area contributed by atoms with Crippen LogP contribution in [0.2, 0.25) is 0 Å². The lowest BCUT2D eigenvalue weighted by Gasteiger charge is -1.88. The van der Waals surface area contributed by atoms with E-state index in [1.54, 1.807) is 0 Å². The molecule has 1 heteroatoms. The molecule has 0 aromatic rings. The highest BCUT2D eigenvalue weighted by Crippen LogP contribution is 1.99. The summed E-state index contributed by atoms with van der Waals surface area (Å²) < 4.78 is 0. The first-order chi connectivity index (χ1) is 8.41. The molecule has 0 aliphatic carbocycles. The summed E-state index contributed by atoms with van der Waals surface area (Å²) in [7, 11) is 0. The van der Waals surface area contributed by atoms with E-state index in [4.69, 9.17) is 0 Å². The topological polar surface area (TPSA) is 17.1 Å². The van der Waals surface area contributed by atoms with Gasteiger partial charge in [-0.2, -0.15) is 0 Å². The molecule has 0 unspecified atom stereocenters. The highest BCUT2D eigenvalue weighted by atomic mass is 16.1. The fraction of sp³-hybridized carbons (Fsp3) is 0.562. The second-order valence-corrected chi connectivity index (χ2v) is 4.11. The van der Waals surface area contributed by atoms with E-state index in [0.29, 0.717) is 6.42 Å². The van der Waals surface area contributed by atoms with E-state index in [2.05, 4.69) is 43.4 Å². The number of rotatable bonds is 11. The van der Waals surface area contributed by atoms with Crippen LogP contribution in [-0.2, 0) is 4.79 Å². The molecule has 1 nitrogen and oxygen atoms in total. The molecule has 0 aliphatic rings. The lowest BCUT2D eigenvalue weighted by Crippen LogP contribution is -1.71. The maximum Gasteiger partial charge on any atom is 0.120 e. The average Bonchev–Trinajstić information content (AvgIpc) is 2.35. The van der Waals surface area contributed by atoms with Crippen LogP contribution in [0.5, 0.6) is 0 Å². The average molecular weight is 234 g/mol. The van der Waals surface area contributed by atoms with Crippen molar-refractivity contribution in [3.05, 3.63) is 36.5 Å². The second-order valence-electron chi connectivity index (χ2n) is 4.11. The zero-order valence-corrected chi connectivity index (χ0v) is 11.1. The van der Waals surface area contributed by atoms with Crippen LogP contribution in [0.3, 0.4) is 0 Å². The van der Waals surface area contributed by atoms with Crippen molar-refractivity contribution in [1.82, 2.24) is 0 Å². The highest BCUT2D eigenvalue weighted by Gasteiger charge is 1.80. The number of allylic oxidation sites excluding steroid dienone is 6. The molecule has 96 valence electrons. The van der Waals surface area contributed by atoms with E-state index in [9.17, 15) is 4.79 Å². The van der Waals surface area contributed by atoms with E-state index < -0.39 is 0 Å². The largest absolute Gasteiger partial charge is 0.303 e. The fourth-order valence-corrected chi connectivity index (χ4v) is 1.42. The molecule has 0 aromatic heterocycles. The molecule has 0 amide bonds. The van der Waals surface area contributed by atoms with Gasteiger partial charge in [0, 0.05) is 6.42 Å². The summed E-state index contributed by atoms with van der Waals surface area (Å²) in [5, 5.41) is 0. The van der Waals surface area contributed by atoms with Gasteiger partial charge in [0.25, 0.3) is 0 Å². The number of carbonyl (C=O) groups excluding carboxylic acids is 1. The van der Waals surface area contributed by atoms with Crippen LogP contribution in [-0.4, -0.2) is 6.29 Å². The minimum Gasteiger partial charge on any atom is -0.303 e. The van der Waals surface area contributed by atoms with E-state index in [1.165, 1.54) is 19.3 Å². The summed E-state index contributed by atoms with van der Waals surface area (Å²) in [6.45, 7) is 2.22. The molecule has 0 radical (unpaired) electrons. The van der Waals surface area contributed by atoms with Crippen molar-refractivity contribution in [3.8, 4) is 0 Å². The van der Waals surface area contributed by atoms with Crippen molar-refractivity contribution in [1.29, 1.82) is 0 Å². The number of hydrogen-bond acceptors (Lipinski definition) is 1. The van der Waals surface area contributed by atoms with E-state index in [0.717, 1.165) is 32.0 Å². The molecule has 0 saturated carbocycles. The number of unbranched alkanes of at least 4 members (excludes halogenated alkanes) is 4. The predicted molar refractivity (Wildman–Crippen MR) is 76.1 cm³/mol. The van der Waals surface area contributed by atoms with Gasteiger partial charge in [0.15, 0.2) is 0 Å². The number of hydrogen-bond donors (Lipinski definition) is 0. The molecule has 0 bridgehead atoms. The Balaban J connectivity index is 3.27.